The van der Waals surface area contributed by atoms with E-state index in [0.717, 1.165) is 40.8 Å². The summed E-state index contributed by atoms with van der Waals surface area (Å²) in [7, 11) is 0. The van der Waals surface area contributed by atoms with E-state index in [-0.39, 0.29) is 10.8 Å². The molecule has 15 rings (SSSR count). The zero-order valence-electron chi connectivity index (χ0n) is 34.3. The normalized spacial score (nSPS) is 31.5. The minimum Gasteiger partial charge on any atom is -0.456 e. The average molecular weight is 768 g/mol. The molecule has 292 valence electrons. The Bertz CT molecular complexity index is 2830. The Kier molecular flexibility index (Phi) is 6.87. The number of nitrogens with zero attached hydrogens (tertiary/aromatic N) is 1. The van der Waals surface area contributed by atoms with Gasteiger partial charge in [0.2, 0.25) is 0 Å². The largest absolute Gasteiger partial charge is 0.456 e. The minimum atomic E-state index is 0.0875. The fraction of sp³-hybridized carbons (Fsp3) is 0.368. The Labute approximate surface area is 348 Å². The van der Waals surface area contributed by atoms with E-state index in [1.54, 1.807) is 22.3 Å². The molecule has 1 heterocycles. The third-order valence-corrected chi connectivity index (χ3v) is 18.0. The van der Waals surface area contributed by atoms with Crippen molar-refractivity contribution in [2.75, 3.05) is 4.90 Å². The number of rotatable bonds is 4. The van der Waals surface area contributed by atoms with Gasteiger partial charge in [0.1, 0.15) is 11.2 Å². The number of para-hydroxylation sites is 1. The lowest BCUT2D eigenvalue weighted by Crippen LogP contribution is -2.55. The van der Waals surface area contributed by atoms with Crippen molar-refractivity contribution < 1.29 is 4.42 Å². The Balaban J connectivity index is 0.999. The second kappa shape index (κ2) is 12.0. The maximum Gasteiger partial charge on any atom is 0.137 e. The monoisotopic (exact) mass is 767 g/mol. The Morgan fingerprint density at radius 2 is 0.983 bits per heavy atom. The van der Waals surface area contributed by atoms with Crippen LogP contribution in [-0.4, -0.2) is 0 Å². The zero-order valence-corrected chi connectivity index (χ0v) is 34.3. The van der Waals surface area contributed by atoms with Gasteiger partial charge in [-0.15, -0.1) is 0 Å². The molecule has 6 fully saturated rings. The predicted molar refractivity (Wildman–Crippen MR) is 242 cm³/mol. The molecule has 2 unspecified atom stereocenters. The van der Waals surface area contributed by atoms with Crippen molar-refractivity contribution >= 4 is 39.0 Å². The first-order valence-electron chi connectivity index (χ1n) is 23.3. The molecule has 1 aromatic heterocycles. The number of benzene rings is 6. The second-order valence-corrected chi connectivity index (χ2v) is 20.3. The zero-order chi connectivity index (χ0) is 38.6. The lowest BCUT2D eigenvalue weighted by Gasteiger charge is -2.61. The van der Waals surface area contributed by atoms with E-state index in [0.29, 0.717) is 11.8 Å². The molecule has 8 aliphatic carbocycles. The Hall–Kier alpha value is -5.08. The first-order chi connectivity index (χ1) is 29.1. The highest BCUT2D eigenvalue weighted by Gasteiger charge is 2.62. The van der Waals surface area contributed by atoms with Crippen molar-refractivity contribution in [2.45, 2.75) is 88.4 Å². The lowest BCUT2D eigenvalue weighted by molar-refractivity contribution is -0.0399. The number of fused-ring (bicyclic) bond motifs is 9. The minimum absolute atomic E-state index is 0.0875. The molecule has 8 aliphatic rings. The lowest BCUT2D eigenvalue weighted by atomic mass is 9.43. The average Bonchev–Trinajstić information content (AvgIpc) is 3.87. The number of furan rings is 1. The van der Waals surface area contributed by atoms with Crippen LogP contribution >= 0.6 is 0 Å². The molecule has 2 spiro atoms. The van der Waals surface area contributed by atoms with Gasteiger partial charge in [0.05, 0.1) is 0 Å². The molecule has 2 nitrogen and oxygen atoms in total. The van der Waals surface area contributed by atoms with Gasteiger partial charge >= 0.3 is 0 Å². The fourth-order valence-electron chi connectivity index (χ4n) is 16.2. The van der Waals surface area contributed by atoms with Crippen molar-refractivity contribution in [2.24, 2.45) is 41.4 Å². The van der Waals surface area contributed by atoms with Gasteiger partial charge < -0.3 is 9.32 Å². The van der Waals surface area contributed by atoms with Crippen LogP contribution in [0.2, 0.25) is 0 Å². The first kappa shape index (κ1) is 33.7. The van der Waals surface area contributed by atoms with Crippen LogP contribution in [0.3, 0.4) is 0 Å². The summed E-state index contributed by atoms with van der Waals surface area (Å²) in [4.78, 5) is 2.62. The third-order valence-electron chi connectivity index (χ3n) is 18.0. The van der Waals surface area contributed by atoms with Gasteiger partial charge in [-0.1, -0.05) is 98.6 Å². The Morgan fingerprint density at radius 3 is 1.61 bits per heavy atom. The quantitative estimate of drug-likeness (QED) is 0.177. The van der Waals surface area contributed by atoms with Crippen molar-refractivity contribution in [1.82, 2.24) is 0 Å². The highest BCUT2D eigenvalue weighted by atomic mass is 16.3. The van der Waals surface area contributed by atoms with E-state index >= 15 is 0 Å². The summed E-state index contributed by atoms with van der Waals surface area (Å²) in [6.07, 6.45) is 15.1. The van der Waals surface area contributed by atoms with Gasteiger partial charge in [0, 0.05) is 44.7 Å². The van der Waals surface area contributed by atoms with Crippen LogP contribution in [0.4, 0.5) is 17.1 Å². The summed E-state index contributed by atoms with van der Waals surface area (Å²) < 4.78 is 6.64. The maximum atomic E-state index is 6.64. The molecule has 0 radical (unpaired) electrons. The molecule has 0 aliphatic heterocycles. The molecule has 0 N–H and O–H groups in total. The standard InChI is InChI=1S/C57H53NO/c1-2-34-25-37-10-9-11-38(26-34)56(37)50-15-6-3-12-44(50)46-21-18-41(31-52(46)56)58(43-20-23-49-48-14-5-8-17-54(48)59-55(49)33-43)42-19-22-47-45-13-4-7-16-51(45)57(53(47)32-42)39-27-35-24-36(29-39)30-40(57)28-35/h3-8,12-23,31-40H,2,9-11,24-30H2,1H3. The molecule has 0 saturated heterocycles. The highest BCUT2D eigenvalue weighted by Crippen LogP contribution is 2.70. The first-order valence-corrected chi connectivity index (χ1v) is 23.3. The summed E-state index contributed by atoms with van der Waals surface area (Å²) in [5.74, 6) is 5.52. The van der Waals surface area contributed by atoms with Crippen LogP contribution in [-0.2, 0) is 10.8 Å². The fourth-order valence-corrected chi connectivity index (χ4v) is 16.2. The van der Waals surface area contributed by atoms with Crippen LogP contribution in [0, 0.1) is 41.4 Å². The topological polar surface area (TPSA) is 16.4 Å². The maximum absolute atomic E-state index is 6.64. The molecular formula is C57H53NO. The van der Waals surface area contributed by atoms with E-state index in [9.17, 15) is 0 Å². The van der Waals surface area contributed by atoms with Crippen LogP contribution in [0.1, 0.15) is 99.8 Å². The molecule has 7 aromatic rings. The number of hydrogen-bond donors (Lipinski definition) is 0. The number of hydrogen-bond acceptors (Lipinski definition) is 2. The van der Waals surface area contributed by atoms with E-state index in [1.807, 2.05) is 0 Å². The molecule has 6 bridgehead atoms. The van der Waals surface area contributed by atoms with Crippen molar-refractivity contribution in [3.8, 4) is 22.3 Å². The van der Waals surface area contributed by atoms with Crippen molar-refractivity contribution in [1.29, 1.82) is 0 Å². The van der Waals surface area contributed by atoms with E-state index in [2.05, 4.69) is 139 Å². The summed E-state index contributed by atoms with van der Waals surface area (Å²) in [5, 5.41) is 2.37. The molecule has 2 atom stereocenters. The second-order valence-electron chi connectivity index (χ2n) is 20.3. The van der Waals surface area contributed by atoms with Gasteiger partial charge in [-0.05, 0) is 186 Å². The van der Waals surface area contributed by atoms with Crippen LogP contribution in [0.25, 0.3) is 44.2 Å². The van der Waals surface area contributed by atoms with Gasteiger partial charge in [0.25, 0.3) is 0 Å². The summed E-state index contributed by atoms with van der Waals surface area (Å²) in [5.41, 5.74) is 18.2. The van der Waals surface area contributed by atoms with E-state index < -0.39 is 0 Å². The van der Waals surface area contributed by atoms with Crippen LogP contribution in [0.15, 0.2) is 132 Å². The van der Waals surface area contributed by atoms with Gasteiger partial charge in [-0.2, -0.15) is 0 Å². The summed E-state index contributed by atoms with van der Waals surface area (Å²) in [6, 6.07) is 49.9. The van der Waals surface area contributed by atoms with Crippen LogP contribution < -0.4 is 4.90 Å². The van der Waals surface area contributed by atoms with E-state index in [1.165, 1.54) is 121 Å². The smallest absolute Gasteiger partial charge is 0.137 e. The molecule has 2 heteroatoms. The molecule has 59 heavy (non-hydrogen) atoms. The third kappa shape index (κ3) is 4.29. The van der Waals surface area contributed by atoms with Crippen molar-refractivity contribution in [3.05, 3.63) is 150 Å². The Morgan fingerprint density at radius 1 is 0.475 bits per heavy atom. The van der Waals surface area contributed by atoms with Gasteiger partial charge in [0.15, 0.2) is 0 Å². The molecule has 6 saturated carbocycles. The SMILES string of the molecule is CCC1CC2CCCC(C1)C21c2ccccc2-c2ccc(N(c3ccc4c(c3)C3(c5ccccc5-4)C4CC5CC(C4)CC3C5)c3ccc4c(c3)oc3ccccc34)cc21. The summed E-state index contributed by atoms with van der Waals surface area (Å²) >= 11 is 0. The predicted octanol–water partition coefficient (Wildman–Crippen LogP) is 15.3. The van der Waals surface area contributed by atoms with Crippen LogP contribution in [0.5, 0.6) is 0 Å². The van der Waals surface area contributed by atoms with E-state index in [4.69, 9.17) is 4.42 Å². The number of anilines is 3. The molecule has 0 amide bonds. The van der Waals surface area contributed by atoms with Gasteiger partial charge in [-0.25, -0.2) is 0 Å². The summed E-state index contributed by atoms with van der Waals surface area (Å²) in [6.45, 7) is 2.44. The highest BCUT2D eigenvalue weighted by molar-refractivity contribution is 6.06. The van der Waals surface area contributed by atoms with Gasteiger partial charge in [-0.3, -0.25) is 0 Å². The van der Waals surface area contributed by atoms with Crippen molar-refractivity contribution in [3.63, 3.8) is 0 Å². The molecular weight excluding hydrogens is 715 g/mol. The molecule has 6 aromatic carbocycles.